The Balaban J connectivity index is 0.000000139. The Morgan fingerprint density at radius 1 is 0.218 bits per heavy atom. The minimum atomic E-state index is 0.629. The second-order valence-corrected chi connectivity index (χ2v) is 25.6. The van der Waals surface area contributed by atoms with E-state index in [2.05, 4.69) is 278 Å². The number of aromatic nitrogens is 9. The highest BCUT2D eigenvalue weighted by Gasteiger charge is 2.23. The predicted molar refractivity (Wildman–Crippen MR) is 414 cm³/mol. The molecule has 7 heterocycles. The van der Waals surface area contributed by atoms with E-state index in [0.717, 1.165) is 89.1 Å². The van der Waals surface area contributed by atoms with E-state index in [-0.39, 0.29) is 0 Å². The minimum Gasteiger partial charge on any atom is -0.450 e. The SMILES string of the molecule is c1ccc(-c2nc(-c3ccccc3)nc(-c3cccc(-n4c5ccccc5c5ccc(-c6ccc7c(c6)c6ccccc6n7-c6ccccc6)cc54)c3)n2)cc1.c1ccc(-n2c3ccccc3c3cc(-c4ccc5c(c4)c4ccccc4n5-c4ncnc5c4oc4ccccc45)ccc32)cc1. The lowest BCUT2D eigenvalue weighted by Gasteiger charge is -2.12. The molecule has 10 heteroatoms. The Kier molecular flexibility index (Phi) is 13.3. The van der Waals surface area contributed by atoms with Crippen LogP contribution in [-0.2, 0) is 0 Å². The molecule has 0 unspecified atom stereocenters. The molecule has 0 aliphatic rings. The molecule has 0 saturated carbocycles. The van der Waals surface area contributed by atoms with Gasteiger partial charge in [-0.1, -0.05) is 224 Å². The van der Waals surface area contributed by atoms with Crippen molar-refractivity contribution in [2.24, 2.45) is 0 Å². The van der Waals surface area contributed by atoms with Crippen molar-refractivity contribution < 1.29 is 4.42 Å². The van der Waals surface area contributed by atoms with Gasteiger partial charge in [-0.3, -0.25) is 4.57 Å². The van der Waals surface area contributed by atoms with Gasteiger partial charge in [-0.15, -0.1) is 0 Å². The molecule has 101 heavy (non-hydrogen) atoms. The van der Waals surface area contributed by atoms with Gasteiger partial charge in [0.15, 0.2) is 28.9 Å². The van der Waals surface area contributed by atoms with Crippen molar-refractivity contribution in [3.63, 3.8) is 0 Å². The van der Waals surface area contributed by atoms with Crippen LogP contribution in [0.5, 0.6) is 0 Å². The third-order valence-corrected chi connectivity index (χ3v) is 19.8. The first-order valence-electron chi connectivity index (χ1n) is 33.9. The highest BCUT2D eigenvalue weighted by molar-refractivity contribution is 6.15. The molecule has 7 aromatic heterocycles. The number of furan rings is 1. The second kappa shape index (κ2) is 23.5. The first-order chi connectivity index (χ1) is 50.1. The van der Waals surface area contributed by atoms with E-state index in [1.54, 1.807) is 6.33 Å². The van der Waals surface area contributed by atoms with E-state index < -0.39 is 0 Å². The van der Waals surface area contributed by atoms with Gasteiger partial charge in [0.2, 0.25) is 0 Å². The van der Waals surface area contributed by atoms with Crippen molar-refractivity contribution in [3.05, 3.63) is 346 Å². The molecule has 0 atom stereocenters. The molecule has 0 spiro atoms. The molecular weight excluding hydrogens is 1240 g/mol. The van der Waals surface area contributed by atoms with Crippen LogP contribution in [-0.4, -0.2) is 43.2 Å². The van der Waals surface area contributed by atoms with Crippen molar-refractivity contribution in [1.82, 2.24) is 43.2 Å². The van der Waals surface area contributed by atoms with Crippen LogP contribution >= 0.6 is 0 Å². The Hall–Kier alpha value is -13.8. The molecule has 0 N–H and O–H groups in total. The molecule has 21 rings (SSSR count). The first kappa shape index (κ1) is 57.4. The van der Waals surface area contributed by atoms with E-state index in [0.29, 0.717) is 23.1 Å². The quantitative estimate of drug-likeness (QED) is 0.143. The first-order valence-corrected chi connectivity index (χ1v) is 33.9. The third kappa shape index (κ3) is 9.52. The molecule has 0 aliphatic carbocycles. The second-order valence-electron chi connectivity index (χ2n) is 25.6. The molecule has 10 nitrogen and oxygen atoms in total. The summed E-state index contributed by atoms with van der Waals surface area (Å²) >= 11 is 0. The molecule has 0 saturated heterocycles. The summed E-state index contributed by atoms with van der Waals surface area (Å²) in [7, 11) is 0. The molecule has 14 aromatic carbocycles. The predicted octanol–water partition coefficient (Wildman–Crippen LogP) is 23.0. The summed E-state index contributed by atoms with van der Waals surface area (Å²) in [5, 5.41) is 10.7. The summed E-state index contributed by atoms with van der Waals surface area (Å²) in [5.41, 5.74) is 22.4. The fourth-order valence-corrected chi connectivity index (χ4v) is 15.2. The maximum atomic E-state index is 6.36. The topological polar surface area (TPSA) is 97.3 Å². The van der Waals surface area contributed by atoms with E-state index in [4.69, 9.17) is 24.4 Å². The van der Waals surface area contributed by atoms with Crippen LogP contribution in [0, 0.1) is 0 Å². The number of rotatable bonds is 9. The summed E-state index contributed by atoms with van der Waals surface area (Å²) in [6.45, 7) is 0. The summed E-state index contributed by atoms with van der Waals surface area (Å²) in [6, 6.07) is 120. The van der Waals surface area contributed by atoms with Gasteiger partial charge in [0.1, 0.15) is 17.4 Å². The lowest BCUT2D eigenvalue weighted by molar-refractivity contribution is 0.662. The monoisotopic (exact) mass is 1290 g/mol. The third-order valence-electron chi connectivity index (χ3n) is 19.8. The van der Waals surface area contributed by atoms with Gasteiger partial charge in [-0.2, -0.15) is 0 Å². The number of nitrogens with zero attached hydrogens (tertiary/aromatic N) is 9. The van der Waals surface area contributed by atoms with Crippen molar-refractivity contribution in [2.75, 3.05) is 0 Å². The van der Waals surface area contributed by atoms with Crippen molar-refractivity contribution in [3.8, 4) is 79.3 Å². The van der Waals surface area contributed by atoms with E-state index >= 15 is 0 Å². The summed E-state index contributed by atoms with van der Waals surface area (Å²) in [5.74, 6) is 2.66. The number of benzene rings is 14. The van der Waals surface area contributed by atoms with Crippen LogP contribution in [0.1, 0.15) is 0 Å². The van der Waals surface area contributed by atoms with Gasteiger partial charge < -0.3 is 18.1 Å². The molecule has 21 aromatic rings. The average Bonchev–Trinajstić information content (AvgIpc) is 1.59. The maximum absolute atomic E-state index is 6.36. The van der Waals surface area contributed by atoms with Gasteiger partial charge >= 0.3 is 0 Å². The number of para-hydroxylation sites is 7. The zero-order chi connectivity index (χ0) is 66.5. The van der Waals surface area contributed by atoms with Gasteiger partial charge in [-0.05, 0) is 138 Å². The lowest BCUT2D eigenvalue weighted by Crippen LogP contribution is -2.01. The molecule has 472 valence electrons. The molecule has 0 aliphatic heterocycles. The van der Waals surface area contributed by atoms with Gasteiger partial charge in [0.25, 0.3) is 0 Å². The Bertz CT molecular complexity index is 6770. The fourth-order valence-electron chi connectivity index (χ4n) is 15.2. The lowest BCUT2D eigenvalue weighted by atomic mass is 10.0. The smallest absolute Gasteiger partial charge is 0.197 e. The standard InChI is InChI=1S/C51H33N5.C40H24N4O/c1-4-15-34(16-5-1)49-52-50(35-17-6-2-7-18-35)54-51(53-49)38-19-14-22-40(31-38)56-45-25-12-10-23-41(45)43-29-27-37(33-48(43)56)36-28-30-47-44(32-36)42-24-11-13-26-46(42)55(47)39-20-8-3-9-21-39;1-2-10-27(11-3-1)43-33-15-7-4-12-28(33)31-22-25(18-20-35(31)43)26-19-21-36-32(23-26)29-13-5-8-16-34(29)44(36)40-39-38(41-24-42-40)30-14-6-9-17-37(30)45-39/h1-33H;1-24H. The summed E-state index contributed by atoms with van der Waals surface area (Å²) in [6.07, 6.45) is 1.63. The van der Waals surface area contributed by atoms with Crippen molar-refractivity contribution in [2.45, 2.75) is 0 Å². The van der Waals surface area contributed by atoms with Crippen LogP contribution in [0.2, 0.25) is 0 Å². The van der Waals surface area contributed by atoms with Crippen LogP contribution in [0.4, 0.5) is 0 Å². The Labute approximate surface area is 578 Å². The molecule has 0 amide bonds. The highest BCUT2D eigenvalue weighted by atomic mass is 16.3. The van der Waals surface area contributed by atoms with Crippen LogP contribution in [0.15, 0.2) is 350 Å². The molecule has 0 radical (unpaired) electrons. The number of fused-ring (bicyclic) bond motifs is 15. The zero-order valence-corrected chi connectivity index (χ0v) is 54.3. The average molecular weight is 1290 g/mol. The Morgan fingerprint density at radius 2 is 0.574 bits per heavy atom. The van der Waals surface area contributed by atoms with Gasteiger partial charge in [-0.25, -0.2) is 24.9 Å². The Morgan fingerprint density at radius 3 is 1.09 bits per heavy atom. The summed E-state index contributed by atoms with van der Waals surface area (Å²) in [4.78, 5) is 24.4. The van der Waals surface area contributed by atoms with E-state index in [1.807, 2.05) is 84.9 Å². The molecule has 0 bridgehead atoms. The van der Waals surface area contributed by atoms with Crippen molar-refractivity contribution in [1.29, 1.82) is 0 Å². The van der Waals surface area contributed by atoms with Gasteiger partial charge in [0.05, 0.1) is 44.1 Å². The largest absolute Gasteiger partial charge is 0.450 e. The number of hydrogen-bond acceptors (Lipinski definition) is 6. The van der Waals surface area contributed by atoms with Gasteiger partial charge in [0, 0.05) is 82.2 Å². The van der Waals surface area contributed by atoms with Crippen LogP contribution in [0.3, 0.4) is 0 Å². The van der Waals surface area contributed by atoms with Crippen LogP contribution in [0.25, 0.3) is 189 Å². The van der Waals surface area contributed by atoms with Crippen molar-refractivity contribution >= 4 is 109 Å². The minimum absolute atomic E-state index is 0.629. The normalized spacial score (nSPS) is 11.8. The molecule has 0 fully saturated rings. The van der Waals surface area contributed by atoms with E-state index in [9.17, 15) is 0 Å². The molecular formula is C91H57N9O. The number of hydrogen-bond donors (Lipinski definition) is 0. The summed E-state index contributed by atoms with van der Waals surface area (Å²) < 4.78 is 15.7. The van der Waals surface area contributed by atoms with E-state index in [1.165, 1.54) is 76.5 Å². The zero-order valence-electron chi connectivity index (χ0n) is 54.3. The fraction of sp³-hybridized carbons (Fsp3) is 0. The maximum Gasteiger partial charge on any atom is 0.197 e. The highest BCUT2D eigenvalue weighted by Crippen LogP contribution is 2.43. The van der Waals surface area contributed by atoms with Crippen LogP contribution < -0.4 is 0 Å².